The lowest BCUT2D eigenvalue weighted by molar-refractivity contribution is 0.116. The number of rotatable bonds is 6. The molecule has 4 heteroatoms. The van der Waals surface area contributed by atoms with Gasteiger partial charge in [0.15, 0.2) is 0 Å². The third-order valence-corrected chi connectivity index (χ3v) is 3.48. The lowest BCUT2D eigenvalue weighted by atomic mass is 10.0. The van der Waals surface area contributed by atoms with Crippen molar-refractivity contribution in [2.45, 2.75) is 38.8 Å². The van der Waals surface area contributed by atoms with Crippen LogP contribution < -0.4 is 15.4 Å². The Morgan fingerprint density at radius 3 is 3.00 bits per heavy atom. The van der Waals surface area contributed by atoms with Gasteiger partial charge in [0.05, 0.1) is 18.8 Å². The number of fused-ring (bicyclic) bond motifs is 1. The van der Waals surface area contributed by atoms with E-state index in [-0.39, 0.29) is 5.60 Å². The summed E-state index contributed by atoms with van der Waals surface area (Å²) in [7, 11) is 1.73. The molecular formula is C16H26N2O2. The standard InChI is InChI=1S/C16H26N2O2/c1-12(17-7-8-19-4)9-13-5-6-15-14(10-13)18-11-16(2,3)20-15/h5-6,10,12,17-18H,7-9,11H2,1-4H3. The topological polar surface area (TPSA) is 42.5 Å². The van der Waals surface area contributed by atoms with Crippen molar-refractivity contribution in [2.24, 2.45) is 0 Å². The largest absolute Gasteiger partial charge is 0.484 e. The molecule has 0 aromatic heterocycles. The first kappa shape index (κ1) is 15.1. The summed E-state index contributed by atoms with van der Waals surface area (Å²) in [5, 5.41) is 6.90. The van der Waals surface area contributed by atoms with Gasteiger partial charge >= 0.3 is 0 Å². The number of anilines is 1. The second-order valence-electron chi connectivity index (χ2n) is 6.10. The average molecular weight is 278 g/mol. The van der Waals surface area contributed by atoms with E-state index in [0.29, 0.717) is 6.04 Å². The van der Waals surface area contributed by atoms with E-state index in [1.54, 1.807) is 7.11 Å². The van der Waals surface area contributed by atoms with E-state index in [4.69, 9.17) is 9.47 Å². The molecule has 2 rings (SSSR count). The third kappa shape index (κ3) is 4.12. The predicted molar refractivity (Wildman–Crippen MR) is 82.7 cm³/mol. The quantitative estimate of drug-likeness (QED) is 0.784. The van der Waals surface area contributed by atoms with E-state index in [1.165, 1.54) is 5.56 Å². The van der Waals surface area contributed by atoms with Crippen LogP contribution in [-0.2, 0) is 11.2 Å². The summed E-state index contributed by atoms with van der Waals surface area (Å²) in [6.45, 7) is 8.86. The van der Waals surface area contributed by atoms with Crippen LogP contribution in [0.25, 0.3) is 0 Å². The molecule has 0 aliphatic carbocycles. The molecule has 1 aliphatic heterocycles. The number of nitrogens with one attached hydrogen (secondary N) is 2. The van der Waals surface area contributed by atoms with E-state index < -0.39 is 0 Å². The number of hydrogen-bond donors (Lipinski definition) is 2. The second kappa shape index (κ2) is 6.46. The van der Waals surface area contributed by atoms with E-state index >= 15 is 0 Å². The number of benzene rings is 1. The highest BCUT2D eigenvalue weighted by molar-refractivity contribution is 5.60. The second-order valence-corrected chi connectivity index (χ2v) is 6.10. The summed E-state index contributed by atoms with van der Waals surface area (Å²) in [6, 6.07) is 6.85. The fourth-order valence-corrected chi connectivity index (χ4v) is 2.41. The van der Waals surface area contributed by atoms with Gasteiger partial charge in [-0.15, -0.1) is 0 Å². The Morgan fingerprint density at radius 2 is 2.25 bits per heavy atom. The van der Waals surface area contributed by atoms with Gasteiger partial charge in [0.2, 0.25) is 0 Å². The summed E-state index contributed by atoms with van der Waals surface area (Å²) in [4.78, 5) is 0. The maximum Gasteiger partial charge on any atom is 0.143 e. The van der Waals surface area contributed by atoms with E-state index in [0.717, 1.165) is 37.6 Å². The van der Waals surface area contributed by atoms with Crippen molar-refractivity contribution in [3.63, 3.8) is 0 Å². The Bertz CT molecular complexity index is 446. The smallest absolute Gasteiger partial charge is 0.143 e. The van der Waals surface area contributed by atoms with Crippen molar-refractivity contribution >= 4 is 5.69 Å². The SMILES string of the molecule is COCCNC(C)Cc1ccc2c(c1)NCC(C)(C)O2. The fraction of sp³-hybridized carbons (Fsp3) is 0.625. The van der Waals surface area contributed by atoms with Gasteiger partial charge in [0, 0.05) is 19.7 Å². The lowest BCUT2D eigenvalue weighted by Gasteiger charge is -2.33. The molecule has 112 valence electrons. The highest BCUT2D eigenvalue weighted by Gasteiger charge is 2.26. The molecule has 0 fully saturated rings. The van der Waals surface area contributed by atoms with Gasteiger partial charge in [0.25, 0.3) is 0 Å². The number of methoxy groups -OCH3 is 1. The monoisotopic (exact) mass is 278 g/mol. The molecule has 1 aromatic rings. The first-order valence-corrected chi connectivity index (χ1v) is 7.28. The minimum atomic E-state index is -0.135. The summed E-state index contributed by atoms with van der Waals surface area (Å²) in [6.07, 6.45) is 1.00. The molecule has 1 aromatic carbocycles. The molecule has 0 amide bonds. The molecule has 1 unspecified atom stereocenters. The predicted octanol–water partition coefficient (Wildman–Crippen LogP) is 2.44. The van der Waals surface area contributed by atoms with Crippen LogP contribution in [0.5, 0.6) is 5.75 Å². The molecule has 0 saturated heterocycles. The third-order valence-electron chi connectivity index (χ3n) is 3.48. The van der Waals surface area contributed by atoms with Crippen LogP contribution >= 0.6 is 0 Å². The van der Waals surface area contributed by atoms with E-state index in [1.807, 2.05) is 0 Å². The zero-order valence-corrected chi connectivity index (χ0v) is 13.0. The van der Waals surface area contributed by atoms with Gasteiger partial charge in [-0.3, -0.25) is 0 Å². The van der Waals surface area contributed by atoms with Crippen molar-refractivity contribution in [1.29, 1.82) is 0 Å². The van der Waals surface area contributed by atoms with Crippen LogP contribution in [0.4, 0.5) is 5.69 Å². The molecule has 1 heterocycles. The lowest BCUT2D eigenvalue weighted by Crippen LogP contribution is -2.40. The summed E-state index contributed by atoms with van der Waals surface area (Å²) >= 11 is 0. The van der Waals surface area contributed by atoms with Crippen LogP contribution in [0.1, 0.15) is 26.3 Å². The zero-order chi connectivity index (χ0) is 14.6. The summed E-state index contributed by atoms with van der Waals surface area (Å²) in [5.74, 6) is 0.949. The highest BCUT2D eigenvalue weighted by atomic mass is 16.5. The van der Waals surface area contributed by atoms with Crippen molar-refractivity contribution in [2.75, 3.05) is 32.1 Å². The summed E-state index contributed by atoms with van der Waals surface area (Å²) in [5.41, 5.74) is 2.28. The Kier molecular flexibility index (Phi) is 4.89. The molecule has 1 atom stereocenters. The average Bonchev–Trinajstić information content (AvgIpc) is 2.38. The van der Waals surface area contributed by atoms with Crippen molar-refractivity contribution in [1.82, 2.24) is 5.32 Å². The Balaban J connectivity index is 1.94. The number of ether oxygens (including phenoxy) is 2. The Hall–Kier alpha value is -1.26. The minimum Gasteiger partial charge on any atom is -0.484 e. The van der Waals surface area contributed by atoms with Gasteiger partial charge < -0.3 is 20.1 Å². The molecule has 1 aliphatic rings. The van der Waals surface area contributed by atoms with E-state index in [2.05, 4.69) is 49.6 Å². The first-order chi connectivity index (χ1) is 9.50. The Labute approximate surface area is 121 Å². The maximum atomic E-state index is 5.96. The van der Waals surface area contributed by atoms with E-state index in [9.17, 15) is 0 Å². The molecule has 0 radical (unpaired) electrons. The zero-order valence-electron chi connectivity index (χ0n) is 13.0. The van der Waals surface area contributed by atoms with Gasteiger partial charge in [-0.1, -0.05) is 6.07 Å². The highest BCUT2D eigenvalue weighted by Crippen LogP contribution is 2.33. The summed E-state index contributed by atoms with van der Waals surface area (Å²) < 4.78 is 11.0. The molecule has 0 spiro atoms. The van der Waals surface area contributed by atoms with Crippen molar-refractivity contribution in [3.05, 3.63) is 23.8 Å². The van der Waals surface area contributed by atoms with Crippen LogP contribution in [-0.4, -0.2) is 38.4 Å². The van der Waals surface area contributed by atoms with Gasteiger partial charge in [0.1, 0.15) is 11.4 Å². The fourth-order valence-electron chi connectivity index (χ4n) is 2.41. The van der Waals surface area contributed by atoms with Crippen molar-refractivity contribution in [3.8, 4) is 5.75 Å². The van der Waals surface area contributed by atoms with Gasteiger partial charge in [-0.2, -0.15) is 0 Å². The van der Waals surface area contributed by atoms with Crippen molar-refractivity contribution < 1.29 is 9.47 Å². The van der Waals surface area contributed by atoms with Crippen LogP contribution in [0.15, 0.2) is 18.2 Å². The normalized spacial score (nSPS) is 17.8. The molecule has 2 N–H and O–H groups in total. The van der Waals surface area contributed by atoms with Crippen LogP contribution in [0.2, 0.25) is 0 Å². The van der Waals surface area contributed by atoms with Gasteiger partial charge in [-0.05, 0) is 44.9 Å². The number of hydrogen-bond acceptors (Lipinski definition) is 4. The first-order valence-electron chi connectivity index (χ1n) is 7.28. The molecular weight excluding hydrogens is 252 g/mol. The molecule has 20 heavy (non-hydrogen) atoms. The van der Waals surface area contributed by atoms with Crippen LogP contribution in [0, 0.1) is 0 Å². The maximum absolute atomic E-state index is 5.96. The van der Waals surface area contributed by atoms with Crippen LogP contribution in [0.3, 0.4) is 0 Å². The van der Waals surface area contributed by atoms with Gasteiger partial charge in [-0.25, -0.2) is 0 Å². The minimum absolute atomic E-state index is 0.135. The molecule has 0 saturated carbocycles. The molecule has 4 nitrogen and oxygen atoms in total. The molecule has 0 bridgehead atoms. The Morgan fingerprint density at radius 1 is 1.45 bits per heavy atom.